The molecule has 1 aliphatic rings. The lowest BCUT2D eigenvalue weighted by Crippen LogP contribution is -2.38. The summed E-state index contributed by atoms with van der Waals surface area (Å²) in [5, 5.41) is 11.6. The summed E-state index contributed by atoms with van der Waals surface area (Å²) in [4.78, 5) is 17.2. The summed E-state index contributed by atoms with van der Waals surface area (Å²) in [5.74, 6) is 0.728. The summed E-state index contributed by atoms with van der Waals surface area (Å²) in [6, 6.07) is 22.5. The van der Waals surface area contributed by atoms with Crippen molar-refractivity contribution in [2.75, 3.05) is 31.5 Å². The van der Waals surface area contributed by atoms with Gasteiger partial charge in [0.2, 0.25) is 0 Å². The number of benzene rings is 2. The first-order valence-electron chi connectivity index (χ1n) is 12.3. The van der Waals surface area contributed by atoms with E-state index in [-0.39, 0.29) is 18.0 Å². The first kappa shape index (κ1) is 23.9. The number of piperidine rings is 1. The molecule has 0 amide bonds. The average Bonchev–Trinajstić information content (AvgIpc) is 3.39. The van der Waals surface area contributed by atoms with Gasteiger partial charge in [-0.05, 0) is 36.9 Å². The number of anilines is 1. The van der Waals surface area contributed by atoms with E-state index < -0.39 is 0 Å². The minimum atomic E-state index is -0.0528. The monoisotopic (exact) mass is 485 g/mol. The molecule has 5 rings (SSSR count). The molecule has 1 aliphatic heterocycles. The molecular weight excluding hydrogens is 456 g/mol. The van der Waals surface area contributed by atoms with E-state index in [1.54, 1.807) is 6.07 Å². The Morgan fingerprint density at radius 2 is 1.72 bits per heavy atom. The summed E-state index contributed by atoms with van der Waals surface area (Å²) >= 11 is 0. The first-order chi connectivity index (χ1) is 17.8. The van der Waals surface area contributed by atoms with Crippen LogP contribution in [0.25, 0.3) is 5.65 Å². The fraction of sp³-hybridized carbons (Fsp3) is 0.333. The van der Waals surface area contributed by atoms with Crippen LogP contribution in [-0.2, 0) is 9.53 Å². The number of hydrogen-bond acceptors (Lipinski definition) is 8. The highest BCUT2D eigenvalue weighted by Crippen LogP contribution is 2.30. The van der Waals surface area contributed by atoms with Crippen molar-refractivity contribution >= 4 is 17.9 Å². The predicted octanol–water partition coefficient (Wildman–Crippen LogP) is 3.64. The maximum atomic E-state index is 10.7. The molecule has 0 aliphatic carbocycles. The van der Waals surface area contributed by atoms with E-state index in [9.17, 15) is 4.79 Å². The van der Waals surface area contributed by atoms with Gasteiger partial charge >= 0.3 is 6.47 Å². The largest absolute Gasteiger partial charge is 0.423 e. The molecule has 0 saturated carbocycles. The molecule has 0 spiro atoms. The molecule has 36 heavy (non-hydrogen) atoms. The molecule has 1 saturated heterocycles. The molecule has 2 aromatic heterocycles. The second-order valence-corrected chi connectivity index (χ2v) is 8.81. The average molecular weight is 486 g/mol. The number of hydrogen-bond donors (Lipinski definition) is 1. The van der Waals surface area contributed by atoms with Crippen LogP contribution in [0, 0.1) is 0 Å². The second kappa shape index (κ2) is 11.7. The Bertz CT molecular complexity index is 1200. The van der Waals surface area contributed by atoms with E-state index in [2.05, 4.69) is 73.9 Å². The van der Waals surface area contributed by atoms with Gasteiger partial charge in [0.15, 0.2) is 17.2 Å². The molecule has 9 heteroatoms. The van der Waals surface area contributed by atoms with Crippen molar-refractivity contribution in [3.63, 3.8) is 0 Å². The van der Waals surface area contributed by atoms with Crippen LogP contribution in [-0.4, -0.2) is 63.5 Å². The Morgan fingerprint density at radius 1 is 1.03 bits per heavy atom. The number of carbonyl (C=O) groups excluding carboxylic acids is 1. The van der Waals surface area contributed by atoms with Crippen LogP contribution >= 0.6 is 0 Å². The number of nitrogens with zero attached hydrogens (tertiary/aromatic N) is 5. The Hall–Kier alpha value is -3.82. The molecule has 3 heterocycles. The zero-order chi connectivity index (χ0) is 24.6. The third kappa shape index (κ3) is 5.87. The topological polar surface area (TPSA) is 93.9 Å². The van der Waals surface area contributed by atoms with Crippen molar-refractivity contribution in [3.05, 3.63) is 84.2 Å². The fourth-order valence-corrected chi connectivity index (χ4v) is 4.57. The zero-order valence-corrected chi connectivity index (χ0v) is 20.0. The van der Waals surface area contributed by atoms with Crippen molar-refractivity contribution in [1.29, 1.82) is 0 Å². The molecule has 1 radical (unpaired) electrons. The van der Waals surface area contributed by atoms with Crippen molar-refractivity contribution in [2.24, 2.45) is 0 Å². The summed E-state index contributed by atoms with van der Waals surface area (Å²) in [6.45, 7) is 5.10. The van der Waals surface area contributed by atoms with Crippen molar-refractivity contribution in [2.45, 2.75) is 31.5 Å². The van der Waals surface area contributed by atoms with Gasteiger partial charge in [0.25, 0.3) is 0 Å². The predicted molar refractivity (Wildman–Crippen MR) is 135 cm³/mol. The Morgan fingerprint density at radius 3 is 2.39 bits per heavy atom. The highest BCUT2D eigenvalue weighted by Gasteiger charge is 2.24. The van der Waals surface area contributed by atoms with Crippen LogP contribution in [0.1, 0.15) is 36.5 Å². The molecule has 4 aromatic rings. The van der Waals surface area contributed by atoms with E-state index in [1.807, 2.05) is 12.1 Å². The smallest absolute Gasteiger partial charge is 0.414 e. The lowest BCUT2D eigenvalue weighted by Gasteiger charge is -2.34. The van der Waals surface area contributed by atoms with Crippen molar-refractivity contribution < 1.29 is 14.3 Å². The summed E-state index contributed by atoms with van der Waals surface area (Å²) in [5.41, 5.74) is 2.87. The third-order valence-corrected chi connectivity index (χ3v) is 6.41. The van der Waals surface area contributed by atoms with Gasteiger partial charge in [0, 0.05) is 25.7 Å². The third-order valence-electron chi connectivity index (χ3n) is 6.41. The van der Waals surface area contributed by atoms with Gasteiger partial charge in [-0.2, -0.15) is 0 Å². The Labute approximate surface area is 210 Å². The maximum absolute atomic E-state index is 10.7. The first-order valence-corrected chi connectivity index (χ1v) is 12.3. The number of rotatable bonds is 11. The van der Waals surface area contributed by atoms with Crippen LogP contribution in [0.2, 0.25) is 0 Å². The Kier molecular flexibility index (Phi) is 7.80. The second-order valence-electron chi connectivity index (χ2n) is 8.81. The molecular formula is C27H29N6O3. The lowest BCUT2D eigenvalue weighted by atomic mass is 10.00. The molecule has 9 nitrogen and oxygen atoms in total. The quantitative estimate of drug-likeness (QED) is 0.322. The van der Waals surface area contributed by atoms with Gasteiger partial charge in [-0.15, -0.1) is 14.8 Å². The number of aromatic nitrogens is 4. The van der Waals surface area contributed by atoms with E-state index >= 15 is 0 Å². The van der Waals surface area contributed by atoms with Crippen LogP contribution in [0.4, 0.5) is 5.82 Å². The summed E-state index contributed by atoms with van der Waals surface area (Å²) in [7, 11) is 0. The van der Waals surface area contributed by atoms with E-state index in [0.29, 0.717) is 18.0 Å². The van der Waals surface area contributed by atoms with Gasteiger partial charge in [-0.3, -0.25) is 0 Å². The van der Waals surface area contributed by atoms with Crippen molar-refractivity contribution in [3.8, 4) is 5.75 Å². The van der Waals surface area contributed by atoms with E-state index in [0.717, 1.165) is 38.9 Å². The van der Waals surface area contributed by atoms with Crippen LogP contribution in [0.5, 0.6) is 5.75 Å². The van der Waals surface area contributed by atoms with Crippen LogP contribution < -0.4 is 10.1 Å². The van der Waals surface area contributed by atoms with E-state index in [1.165, 1.54) is 28.6 Å². The number of fused-ring (bicyclic) bond motifs is 1. The molecule has 0 bridgehead atoms. The number of nitrogens with one attached hydrogen (secondary N) is 1. The van der Waals surface area contributed by atoms with E-state index in [4.69, 9.17) is 9.47 Å². The summed E-state index contributed by atoms with van der Waals surface area (Å²) < 4.78 is 13.0. The minimum Gasteiger partial charge on any atom is -0.414 e. The minimum absolute atomic E-state index is 0.0528. The number of ether oxygens (including phenoxy) is 2. The van der Waals surface area contributed by atoms with Crippen LogP contribution in [0.3, 0.4) is 0 Å². The highest BCUT2D eigenvalue weighted by atomic mass is 16.5. The van der Waals surface area contributed by atoms with Crippen LogP contribution in [0.15, 0.2) is 73.1 Å². The van der Waals surface area contributed by atoms with Gasteiger partial charge < -0.3 is 19.7 Å². The number of likely N-dealkylation sites (tertiary alicyclic amines) is 1. The molecule has 0 unspecified atom stereocenters. The molecule has 185 valence electrons. The van der Waals surface area contributed by atoms with Gasteiger partial charge in [-0.1, -0.05) is 60.7 Å². The summed E-state index contributed by atoms with van der Waals surface area (Å²) in [6.07, 6.45) is 4.49. The molecule has 0 atom stereocenters. The van der Waals surface area contributed by atoms with Gasteiger partial charge in [0.1, 0.15) is 12.4 Å². The normalized spacial score (nSPS) is 14.8. The van der Waals surface area contributed by atoms with Crippen molar-refractivity contribution in [1.82, 2.24) is 24.7 Å². The maximum Gasteiger partial charge on any atom is 0.423 e. The molecule has 1 N–H and O–H groups in total. The molecule has 2 aromatic carbocycles. The standard InChI is InChI=1S/C27H29N6O3/c34-20-35-24-18-25-29-19-30-33(25)31-27(24)28-14-7-15-32-16-12-23(13-17-32)36-26(21-8-3-1-4-9-21)22-10-5-2-6-11-22/h1-6,8-11,18-19,23,26H,7,12-17H2,(H,28,31). The highest BCUT2D eigenvalue weighted by molar-refractivity contribution is 5.60. The molecule has 1 fully saturated rings. The van der Waals surface area contributed by atoms with Gasteiger partial charge in [0.05, 0.1) is 6.10 Å². The SMILES string of the molecule is O=[C]Oc1cc2ncnn2nc1NCCCN1CCC(OC(c2ccccc2)c2ccccc2)CC1. The lowest BCUT2D eigenvalue weighted by molar-refractivity contribution is -0.0269. The fourth-order valence-electron chi connectivity index (χ4n) is 4.57. The van der Waals surface area contributed by atoms with Gasteiger partial charge in [-0.25, -0.2) is 9.78 Å². The zero-order valence-electron chi connectivity index (χ0n) is 20.0. The Balaban J connectivity index is 1.10.